The summed E-state index contributed by atoms with van der Waals surface area (Å²) < 4.78 is 5.12. The van der Waals surface area contributed by atoms with Crippen LogP contribution in [-0.4, -0.2) is 45.1 Å². The van der Waals surface area contributed by atoms with Crippen molar-refractivity contribution in [2.24, 2.45) is 0 Å². The smallest absolute Gasteiger partial charge is 0.224 e. The first kappa shape index (κ1) is 18.8. The van der Waals surface area contributed by atoms with Crippen LogP contribution in [0.2, 0.25) is 0 Å². The lowest BCUT2D eigenvalue weighted by molar-refractivity contribution is -0.120. The predicted octanol–water partition coefficient (Wildman–Crippen LogP) is 2.53. The van der Waals surface area contributed by atoms with E-state index in [1.807, 2.05) is 48.5 Å². The summed E-state index contributed by atoms with van der Waals surface area (Å²) in [6.07, 6.45) is 0.369. The van der Waals surface area contributed by atoms with Gasteiger partial charge >= 0.3 is 0 Å². The number of nitrogens with one attached hydrogen (secondary N) is 2. The second-order valence-corrected chi connectivity index (χ2v) is 6.23. The van der Waals surface area contributed by atoms with Crippen molar-refractivity contribution >= 4 is 11.6 Å². The normalized spacial score (nSPS) is 10.6. The molecule has 5 heteroatoms. The number of methoxy groups -OCH3 is 1. The van der Waals surface area contributed by atoms with Gasteiger partial charge < -0.3 is 20.3 Å². The Morgan fingerprint density at radius 1 is 1.00 bits per heavy atom. The van der Waals surface area contributed by atoms with E-state index in [1.165, 1.54) is 0 Å². The number of likely N-dealkylation sites (N-methyl/N-ethyl adjacent to an activating group) is 1. The zero-order valence-corrected chi connectivity index (χ0v) is 15.2. The molecule has 2 rings (SSSR count). The Morgan fingerprint density at radius 3 is 2.24 bits per heavy atom. The largest absolute Gasteiger partial charge is 0.497 e. The Labute approximate surface area is 150 Å². The number of benzene rings is 2. The fourth-order valence-electron chi connectivity index (χ4n) is 2.36. The molecule has 0 saturated carbocycles. The minimum Gasteiger partial charge on any atom is -0.497 e. The van der Waals surface area contributed by atoms with Gasteiger partial charge in [-0.2, -0.15) is 0 Å². The number of hydrogen-bond donors (Lipinski definition) is 2. The zero-order chi connectivity index (χ0) is 18.1. The molecule has 0 bridgehead atoms. The molecule has 1 amide bonds. The van der Waals surface area contributed by atoms with Gasteiger partial charge in [0.25, 0.3) is 0 Å². The maximum absolute atomic E-state index is 12.1. The van der Waals surface area contributed by atoms with Gasteiger partial charge in [0.05, 0.1) is 13.5 Å². The van der Waals surface area contributed by atoms with E-state index in [4.69, 9.17) is 4.74 Å². The van der Waals surface area contributed by atoms with Crippen molar-refractivity contribution in [3.05, 3.63) is 59.7 Å². The molecule has 0 aromatic heterocycles. The summed E-state index contributed by atoms with van der Waals surface area (Å²) >= 11 is 0. The van der Waals surface area contributed by atoms with E-state index in [0.717, 1.165) is 35.7 Å². The monoisotopic (exact) mass is 341 g/mol. The molecule has 0 aliphatic rings. The molecule has 5 nitrogen and oxygen atoms in total. The van der Waals surface area contributed by atoms with E-state index >= 15 is 0 Å². The van der Waals surface area contributed by atoms with Gasteiger partial charge in [0.15, 0.2) is 0 Å². The number of nitrogens with zero attached hydrogens (tertiary/aromatic N) is 1. The Hall–Kier alpha value is -2.53. The lowest BCUT2D eigenvalue weighted by Gasteiger charge is -2.12. The third-order valence-corrected chi connectivity index (χ3v) is 3.86. The average molecular weight is 341 g/mol. The first-order valence-electron chi connectivity index (χ1n) is 8.44. The van der Waals surface area contributed by atoms with Crippen LogP contribution in [0.25, 0.3) is 0 Å². The standard InChI is InChI=1S/C20H27N3O2/c1-23(2)13-12-21-18-8-4-17(5-9-18)15-22-20(24)14-16-6-10-19(25-3)11-7-16/h4-11,21H,12-15H2,1-3H3,(H,22,24). The van der Waals surface area contributed by atoms with Crippen LogP contribution in [0.15, 0.2) is 48.5 Å². The molecule has 0 aliphatic carbocycles. The Balaban J connectivity index is 1.75. The third kappa shape index (κ3) is 6.85. The molecule has 2 aromatic rings. The van der Waals surface area contributed by atoms with Crippen LogP contribution in [0.5, 0.6) is 5.75 Å². The van der Waals surface area contributed by atoms with E-state index in [9.17, 15) is 4.79 Å². The van der Waals surface area contributed by atoms with Crippen molar-refractivity contribution in [3.63, 3.8) is 0 Å². The molecule has 0 radical (unpaired) electrons. The number of rotatable bonds is 9. The van der Waals surface area contributed by atoms with Crippen molar-refractivity contribution in [1.29, 1.82) is 0 Å². The van der Waals surface area contributed by atoms with Gasteiger partial charge in [0.1, 0.15) is 5.75 Å². The van der Waals surface area contributed by atoms with Crippen LogP contribution in [0.4, 0.5) is 5.69 Å². The summed E-state index contributed by atoms with van der Waals surface area (Å²) in [5.74, 6) is 0.807. The molecule has 0 atom stereocenters. The maximum atomic E-state index is 12.1. The lowest BCUT2D eigenvalue weighted by Crippen LogP contribution is -2.24. The van der Waals surface area contributed by atoms with Gasteiger partial charge in [-0.1, -0.05) is 24.3 Å². The molecule has 2 aromatic carbocycles. The van der Waals surface area contributed by atoms with E-state index in [-0.39, 0.29) is 5.91 Å². The number of carbonyl (C=O) groups is 1. The summed E-state index contributed by atoms with van der Waals surface area (Å²) in [4.78, 5) is 14.2. The van der Waals surface area contributed by atoms with E-state index < -0.39 is 0 Å². The van der Waals surface area contributed by atoms with Crippen molar-refractivity contribution < 1.29 is 9.53 Å². The highest BCUT2D eigenvalue weighted by molar-refractivity contribution is 5.78. The summed E-state index contributed by atoms with van der Waals surface area (Å²) in [5.41, 5.74) is 3.15. The summed E-state index contributed by atoms with van der Waals surface area (Å²) in [6.45, 7) is 2.43. The zero-order valence-electron chi connectivity index (χ0n) is 15.2. The molecule has 0 spiro atoms. The van der Waals surface area contributed by atoms with Gasteiger partial charge in [-0.3, -0.25) is 4.79 Å². The quantitative estimate of drug-likeness (QED) is 0.736. The molecular weight excluding hydrogens is 314 g/mol. The Morgan fingerprint density at radius 2 is 1.64 bits per heavy atom. The fourth-order valence-corrected chi connectivity index (χ4v) is 2.36. The number of hydrogen-bond acceptors (Lipinski definition) is 4. The van der Waals surface area contributed by atoms with Crippen molar-refractivity contribution in [1.82, 2.24) is 10.2 Å². The highest BCUT2D eigenvalue weighted by Gasteiger charge is 2.04. The molecule has 25 heavy (non-hydrogen) atoms. The highest BCUT2D eigenvalue weighted by atomic mass is 16.5. The number of anilines is 1. The maximum Gasteiger partial charge on any atom is 0.224 e. The average Bonchev–Trinajstić information content (AvgIpc) is 2.61. The highest BCUT2D eigenvalue weighted by Crippen LogP contribution is 2.12. The van der Waals surface area contributed by atoms with Crippen molar-refractivity contribution in [2.75, 3.05) is 39.6 Å². The van der Waals surface area contributed by atoms with E-state index in [2.05, 4.69) is 29.6 Å². The fraction of sp³-hybridized carbons (Fsp3) is 0.350. The summed E-state index contributed by atoms with van der Waals surface area (Å²) in [6, 6.07) is 15.7. The molecule has 0 heterocycles. The van der Waals surface area contributed by atoms with Crippen molar-refractivity contribution in [2.45, 2.75) is 13.0 Å². The van der Waals surface area contributed by atoms with Crippen LogP contribution < -0.4 is 15.4 Å². The van der Waals surface area contributed by atoms with Crippen LogP contribution in [0.3, 0.4) is 0 Å². The van der Waals surface area contributed by atoms with Crippen LogP contribution in [0.1, 0.15) is 11.1 Å². The topological polar surface area (TPSA) is 53.6 Å². The van der Waals surface area contributed by atoms with Gasteiger partial charge in [0, 0.05) is 25.3 Å². The number of carbonyl (C=O) groups excluding carboxylic acids is 1. The molecule has 0 saturated heterocycles. The predicted molar refractivity (Wildman–Crippen MR) is 102 cm³/mol. The second-order valence-electron chi connectivity index (χ2n) is 6.23. The number of amides is 1. The van der Waals surface area contributed by atoms with Crippen LogP contribution in [0, 0.1) is 0 Å². The summed E-state index contributed by atoms with van der Waals surface area (Å²) in [7, 11) is 5.74. The first-order chi connectivity index (χ1) is 12.1. The Kier molecular flexibility index (Phi) is 7.29. The molecule has 134 valence electrons. The first-order valence-corrected chi connectivity index (χ1v) is 8.44. The van der Waals surface area contributed by atoms with E-state index in [1.54, 1.807) is 7.11 Å². The minimum absolute atomic E-state index is 0.0124. The molecule has 2 N–H and O–H groups in total. The third-order valence-electron chi connectivity index (χ3n) is 3.86. The SMILES string of the molecule is COc1ccc(CC(=O)NCc2ccc(NCCN(C)C)cc2)cc1. The van der Waals surface area contributed by atoms with E-state index in [0.29, 0.717) is 13.0 Å². The lowest BCUT2D eigenvalue weighted by atomic mass is 10.1. The van der Waals surface area contributed by atoms with Crippen molar-refractivity contribution in [3.8, 4) is 5.75 Å². The molecule has 0 aliphatic heterocycles. The molecular formula is C20H27N3O2. The van der Waals surface area contributed by atoms with Gasteiger partial charge in [-0.15, -0.1) is 0 Å². The Bertz CT molecular complexity index is 652. The van der Waals surface area contributed by atoms with Gasteiger partial charge in [0.2, 0.25) is 5.91 Å². The van der Waals surface area contributed by atoms with Crippen LogP contribution in [-0.2, 0) is 17.8 Å². The minimum atomic E-state index is 0.0124. The molecule has 0 unspecified atom stereocenters. The van der Waals surface area contributed by atoms with Gasteiger partial charge in [-0.25, -0.2) is 0 Å². The summed E-state index contributed by atoms with van der Waals surface area (Å²) in [5, 5.41) is 6.33. The second kappa shape index (κ2) is 9.69. The van der Waals surface area contributed by atoms with Crippen LogP contribution >= 0.6 is 0 Å². The number of ether oxygens (including phenoxy) is 1. The molecule has 0 fully saturated rings. The van der Waals surface area contributed by atoms with Gasteiger partial charge in [-0.05, 0) is 49.5 Å².